The van der Waals surface area contributed by atoms with E-state index >= 15 is 0 Å². The lowest BCUT2D eigenvalue weighted by molar-refractivity contribution is -0.165. The van der Waals surface area contributed by atoms with E-state index in [1.165, 1.54) is 44.9 Å². The molecule has 4 aliphatic carbocycles. The summed E-state index contributed by atoms with van der Waals surface area (Å²) in [4.78, 5) is 0. The Morgan fingerprint density at radius 1 is 0.933 bits per heavy atom. The van der Waals surface area contributed by atoms with Crippen molar-refractivity contribution < 1.29 is 14.9 Å². The molecule has 0 aromatic heterocycles. The summed E-state index contributed by atoms with van der Waals surface area (Å²) < 4.78 is 6.21. The zero-order valence-electron chi connectivity index (χ0n) is 20.1. The van der Waals surface area contributed by atoms with Crippen molar-refractivity contribution in [3.8, 4) is 0 Å². The van der Waals surface area contributed by atoms with Crippen LogP contribution in [0.2, 0.25) is 0 Å². The standard InChI is InChI=1S/C27H46O3/c1-16(2)7-6-8-17(3)19-9-10-20-18-15-23(29)27-24(30-27)22(28)12-14-26(27,5)21(18)11-13-25(19,20)4/h16-24,28-29H,6-15H2,1-5H3/t17-,18+,19-,20+,21+,22+,23+,24+,25-,26-,27+/m1/s1. The summed E-state index contributed by atoms with van der Waals surface area (Å²) in [7, 11) is 0. The van der Waals surface area contributed by atoms with Crippen LogP contribution in [0.15, 0.2) is 0 Å². The SMILES string of the molecule is CC(C)CCC[C@@H](C)[C@H]1CC[C@H]2[C@@H]3C[C@H](O)[C@]45O[C@H]4[C@@H](O)CC[C@]5(C)[C@H]3CC[C@]12C. The molecule has 0 radical (unpaired) electrons. The maximum atomic E-state index is 11.3. The van der Waals surface area contributed by atoms with E-state index in [0.717, 1.165) is 42.9 Å². The molecule has 172 valence electrons. The fourth-order valence-corrected chi connectivity index (χ4v) is 9.78. The van der Waals surface area contributed by atoms with Gasteiger partial charge in [0.1, 0.15) is 11.7 Å². The smallest absolute Gasteiger partial charge is 0.129 e. The molecule has 1 aliphatic heterocycles. The molecule has 1 saturated heterocycles. The van der Waals surface area contributed by atoms with Crippen LogP contribution < -0.4 is 0 Å². The van der Waals surface area contributed by atoms with Crippen LogP contribution in [0.3, 0.4) is 0 Å². The second-order valence-electron chi connectivity index (χ2n) is 13.0. The summed E-state index contributed by atoms with van der Waals surface area (Å²) >= 11 is 0. The summed E-state index contributed by atoms with van der Waals surface area (Å²) in [5, 5.41) is 21.8. The van der Waals surface area contributed by atoms with Crippen LogP contribution in [0.4, 0.5) is 0 Å². The quantitative estimate of drug-likeness (QED) is 0.574. The summed E-state index contributed by atoms with van der Waals surface area (Å²) in [6, 6.07) is 0. The van der Waals surface area contributed by atoms with Crippen molar-refractivity contribution in [2.45, 2.75) is 123 Å². The lowest BCUT2D eigenvalue weighted by atomic mass is 9.43. The van der Waals surface area contributed by atoms with Crippen molar-refractivity contribution in [3.63, 3.8) is 0 Å². The van der Waals surface area contributed by atoms with Gasteiger partial charge < -0.3 is 14.9 Å². The maximum Gasteiger partial charge on any atom is 0.129 e. The zero-order valence-corrected chi connectivity index (χ0v) is 20.1. The summed E-state index contributed by atoms with van der Waals surface area (Å²) in [6.45, 7) is 12.2. The third-order valence-electron chi connectivity index (χ3n) is 11.3. The second-order valence-corrected chi connectivity index (χ2v) is 13.0. The van der Waals surface area contributed by atoms with Gasteiger partial charge in [-0.05, 0) is 85.9 Å². The summed E-state index contributed by atoms with van der Waals surface area (Å²) in [5.74, 6) is 4.57. The van der Waals surface area contributed by atoms with Crippen molar-refractivity contribution in [3.05, 3.63) is 0 Å². The number of aliphatic hydroxyl groups excluding tert-OH is 2. The summed E-state index contributed by atoms with van der Waals surface area (Å²) in [6.07, 6.45) is 11.4. The van der Waals surface area contributed by atoms with E-state index < -0.39 is 11.7 Å². The van der Waals surface area contributed by atoms with Gasteiger partial charge in [0.05, 0.1) is 12.2 Å². The van der Waals surface area contributed by atoms with E-state index in [9.17, 15) is 10.2 Å². The number of ether oxygens (including phenoxy) is 1. The molecule has 0 aromatic rings. The van der Waals surface area contributed by atoms with Crippen LogP contribution >= 0.6 is 0 Å². The highest BCUT2D eigenvalue weighted by Crippen LogP contribution is 2.73. The van der Waals surface area contributed by atoms with E-state index in [-0.39, 0.29) is 17.6 Å². The first-order valence-electron chi connectivity index (χ1n) is 13.2. The molecule has 0 bridgehead atoms. The van der Waals surface area contributed by atoms with Crippen LogP contribution in [0.25, 0.3) is 0 Å². The molecule has 0 aromatic carbocycles. The van der Waals surface area contributed by atoms with Gasteiger partial charge in [-0.25, -0.2) is 0 Å². The first kappa shape index (κ1) is 21.7. The average molecular weight is 419 g/mol. The maximum absolute atomic E-state index is 11.3. The summed E-state index contributed by atoms with van der Waals surface area (Å²) in [5.41, 5.74) is 0.0558. The molecule has 0 amide bonds. The van der Waals surface area contributed by atoms with Gasteiger partial charge in [0.25, 0.3) is 0 Å². The Bertz CT molecular complexity index is 662. The first-order chi connectivity index (χ1) is 14.1. The number of rotatable bonds is 5. The molecule has 4 saturated carbocycles. The number of aliphatic hydroxyl groups is 2. The average Bonchev–Trinajstić information content (AvgIpc) is 3.36. The van der Waals surface area contributed by atoms with Crippen LogP contribution in [0.5, 0.6) is 0 Å². The highest BCUT2D eigenvalue weighted by atomic mass is 16.6. The number of epoxide rings is 1. The Morgan fingerprint density at radius 3 is 2.43 bits per heavy atom. The third-order valence-corrected chi connectivity index (χ3v) is 11.3. The van der Waals surface area contributed by atoms with Crippen molar-refractivity contribution in [2.24, 2.45) is 46.3 Å². The number of hydrogen-bond acceptors (Lipinski definition) is 3. The molecule has 0 unspecified atom stereocenters. The molecule has 5 aliphatic rings. The minimum absolute atomic E-state index is 0.0432. The highest BCUT2D eigenvalue weighted by molar-refractivity contribution is 5.27. The molecule has 3 nitrogen and oxygen atoms in total. The Hall–Kier alpha value is -0.120. The largest absolute Gasteiger partial charge is 0.390 e. The van der Waals surface area contributed by atoms with Crippen molar-refractivity contribution in [1.29, 1.82) is 0 Å². The van der Waals surface area contributed by atoms with Crippen molar-refractivity contribution in [1.82, 2.24) is 0 Å². The van der Waals surface area contributed by atoms with Gasteiger partial charge in [-0.2, -0.15) is 0 Å². The van der Waals surface area contributed by atoms with Gasteiger partial charge in [-0.15, -0.1) is 0 Å². The fourth-order valence-electron chi connectivity index (χ4n) is 9.78. The Kier molecular flexibility index (Phi) is 5.20. The molecule has 30 heavy (non-hydrogen) atoms. The van der Waals surface area contributed by atoms with Gasteiger partial charge >= 0.3 is 0 Å². The molecule has 5 rings (SSSR count). The lowest BCUT2D eigenvalue weighted by Gasteiger charge is -2.61. The molecule has 2 N–H and O–H groups in total. The monoisotopic (exact) mass is 418 g/mol. The van der Waals surface area contributed by atoms with E-state index in [2.05, 4.69) is 34.6 Å². The Morgan fingerprint density at radius 2 is 1.70 bits per heavy atom. The minimum Gasteiger partial charge on any atom is -0.390 e. The molecule has 5 fully saturated rings. The van der Waals surface area contributed by atoms with Gasteiger partial charge in [-0.1, -0.05) is 53.9 Å². The predicted molar refractivity (Wildman–Crippen MR) is 120 cm³/mol. The molecular weight excluding hydrogens is 372 g/mol. The first-order valence-corrected chi connectivity index (χ1v) is 13.2. The van der Waals surface area contributed by atoms with Crippen molar-refractivity contribution in [2.75, 3.05) is 0 Å². The molecule has 1 spiro atoms. The van der Waals surface area contributed by atoms with Crippen LogP contribution in [-0.4, -0.2) is 34.1 Å². The third kappa shape index (κ3) is 2.80. The molecule has 1 heterocycles. The highest BCUT2D eigenvalue weighted by Gasteiger charge is 2.79. The van der Waals surface area contributed by atoms with E-state index in [4.69, 9.17) is 4.74 Å². The molecule has 3 heteroatoms. The van der Waals surface area contributed by atoms with E-state index in [1.807, 2.05) is 0 Å². The fraction of sp³-hybridized carbons (Fsp3) is 1.00. The second kappa shape index (κ2) is 7.19. The van der Waals surface area contributed by atoms with E-state index in [1.54, 1.807) is 0 Å². The normalized spacial score (nSPS) is 55.4. The molecular formula is C27H46O3. The lowest BCUT2D eigenvalue weighted by Crippen LogP contribution is -2.63. The van der Waals surface area contributed by atoms with Gasteiger partial charge in [0.2, 0.25) is 0 Å². The topological polar surface area (TPSA) is 53.0 Å². The van der Waals surface area contributed by atoms with Gasteiger partial charge in [0, 0.05) is 5.41 Å². The minimum atomic E-state index is -0.443. The Balaban J connectivity index is 1.35. The van der Waals surface area contributed by atoms with Gasteiger partial charge in [0.15, 0.2) is 0 Å². The van der Waals surface area contributed by atoms with Crippen LogP contribution in [-0.2, 0) is 4.74 Å². The van der Waals surface area contributed by atoms with Crippen molar-refractivity contribution >= 4 is 0 Å². The number of hydrogen-bond donors (Lipinski definition) is 2. The zero-order chi connectivity index (χ0) is 21.5. The molecule has 11 atom stereocenters. The van der Waals surface area contributed by atoms with E-state index in [0.29, 0.717) is 17.3 Å². The Labute approximate surface area is 184 Å². The van der Waals surface area contributed by atoms with Gasteiger partial charge in [-0.3, -0.25) is 0 Å². The van der Waals surface area contributed by atoms with Crippen LogP contribution in [0, 0.1) is 46.3 Å². The number of fused-ring (bicyclic) bond motifs is 4. The van der Waals surface area contributed by atoms with Crippen LogP contribution in [0.1, 0.15) is 98.8 Å². The predicted octanol–water partition coefficient (Wildman–Crippen LogP) is 5.57.